The second-order valence-electron chi connectivity index (χ2n) is 3.80. The first-order chi connectivity index (χ1) is 9.17. The van der Waals surface area contributed by atoms with Crippen LogP contribution in [0.25, 0.3) is 11.1 Å². The van der Waals surface area contributed by atoms with Gasteiger partial charge in [-0.1, -0.05) is 6.07 Å². The van der Waals surface area contributed by atoms with E-state index in [1.54, 1.807) is 25.3 Å². The summed E-state index contributed by atoms with van der Waals surface area (Å²) in [5.41, 5.74) is 1.45. The number of pyridine rings is 1. The first-order valence-corrected chi connectivity index (χ1v) is 5.57. The first kappa shape index (κ1) is 12.9. The molecule has 1 heterocycles. The number of methoxy groups -OCH3 is 2. The summed E-state index contributed by atoms with van der Waals surface area (Å²) in [4.78, 5) is 15.2. The fourth-order valence-electron chi connectivity index (χ4n) is 1.81. The molecule has 1 N–H and O–H groups in total. The molecule has 5 nitrogen and oxygen atoms in total. The number of benzene rings is 1. The molecule has 98 valence electrons. The summed E-state index contributed by atoms with van der Waals surface area (Å²) in [5.74, 6) is 0.138. The van der Waals surface area contributed by atoms with Gasteiger partial charge in [-0.05, 0) is 23.8 Å². The summed E-state index contributed by atoms with van der Waals surface area (Å²) in [7, 11) is 3.08. The van der Waals surface area contributed by atoms with Crippen LogP contribution in [-0.4, -0.2) is 30.3 Å². The van der Waals surface area contributed by atoms with Gasteiger partial charge in [-0.25, -0.2) is 4.79 Å². The molecule has 0 amide bonds. The van der Waals surface area contributed by atoms with Crippen molar-refractivity contribution in [3.8, 4) is 22.6 Å². The highest BCUT2D eigenvalue weighted by Crippen LogP contribution is 2.33. The van der Waals surface area contributed by atoms with E-state index in [1.807, 2.05) is 0 Å². The Balaban J connectivity index is 2.56. The van der Waals surface area contributed by atoms with Crippen LogP contribution in [0.5, 0.6) is 11.5 Å². The lowest BCUT2D eigenvalue weighted by atomic mass is 10.0. The number of nitrogens with zero attached hydrogens (tertiary/aromatic N) is 1. The molecule has 0 radical (unpaired) electrons. The quantitative estimate of drug-likeness (QED) is 0.913. The molecule has 0 fully saturated rings. The monoisotopic (exact) mass is 259 g/mol. The summed E-state index contributed by atoms with van der Waals surface area (Å²) in [6.07, 6.45) is 2.97. The van der Waals surface area contributed by atoms with Gasteiger partial charge in [0.15, 0.2) is 11.5 Å². The summed E-state index contributed by atoms with van der Waals surface area (Å²) in [6.45, 7) is 0. The van der Waals surface area contributed by atoms with Crippen molar-refractivity contribution in [1.82, 2.24) is 4.98 Å². The predicted octanol–water partition coefficient (Wildman–Crippen LogP) is 2.46. The van der Waals surface area contributed by atoms with E-state index in [4.69, 9.17) is 9.47 Å². The molecular weight excluding hydrogens is 246 g/mol. The molecule has 2 aromatic rings. The first-order valence-electron chi connectivity index (χ1n) is 5.57. The van der Waals surface area contributed by atoms with Gasteiger partial charge < -0.3 is 14.6 Å². The van der Waals surface area contributed by atoms with Gasteiger partial charge in [0.25, 0.3) is 0 Å². The van der Waals surface area contributed by atoms with Gasteiger partial charge in [-0.2, -0.15) is 0 Å². The van der Waals surface area contributed by atoms with Gasteiger partial charge in [0.05, 0.1) is 19.8 Å². The normalized spacial score (nSPS) is 10.0. The molecule has 0 unspecified atom stereocenters. The fraction of sp³-hybridized carbons (Fsp3) is 0.143. The fourth-order valence-corrected chi connectivity index (χ4v) is 1.81. The SMILES string of the molecule is COc1ccc(-c2cnccc2C(=O)O)cc1OC. The van der Waals surface area contributed by atoms with E-state index in [2.05, 4.69) is 4.98 Å². The van der Waals surface area contributed by atoms with Crippen LogP contribution < -0.4 is 9.47 Å². The highest BCUT2D eigenvalue weighted by Gasteiger charge is 2.13. The lowest BCUT2D eigenvalue weighted by molar-refractivity contribution is 0.0697. The topological polar surface area (TPSA) is 68.7 Å². The average molecular weight is 259 g/mol. The summed E-state index contributed by atoms with van der Waals surface area (Å²) in [5, 5.41) is 9.17. The minimum absolute atomic E-state index is 0.196. The number of carboxylic acid groups (broad SMARTS) is 1. The van der Waals surface area contributed by atoms with Crippen LogP contribution in [0.15, 0.2) is 36.7 Å². The van der Waals surface area contributed by atoms with Crippen LogP contribution in [0.1, 0.15) is 10.4 Å². The molecule has 0 spiro atoms. The smallest absolute Gasteiger partial charge is 0.336 e. The van der Waals surface area contributed by atoms with Gasteiger partial charge in [0, 0.05) is 18.0 Å². The second-order valence-corrected chi connectivity index (χ2v) is 3.80. The summed E-state index contributed by atoms with van der Waals surface area (Å²) in [6, 6.07) is 6.69. The predicted molar refractivity (Wildman–Crippen MR) is 69.7 cm³/mol. The van der Waals surface area contributed by atoms with Crippen LogP contribution in [0, 0.1) is 0 Å². The van der Waals surface area contributed by atoms with E-state index in [-0.39, 0.29) is 5.56 Å². The van der Waals surface area contributed by atoms with E-state index in [0.29, 0.717) is 22.6 Å². The van der Waals surface area contributed by atoms with Crippen molar-refractivity contribution >= 4 is 5.97 Å². The number of aromatic nitrogens is 1. The molecule has 0 bridgehead atoms. The molecule has 0 saturated carbocycles. The van der Waals surface area contributed by atoms with E-state index < -0.39 is 5.97 Å². The van der Waals surface area contributed by atoms with Crippen molar-refractivity contribution in [3.63, 3.8) is 0 Å². The number of hydrogen-bond acceptors (Lipinski definition) is 4. The number of carbonyl (C=O) groups is 1. The highest BCUT2D eigenvalue weighted by atomic mass is 16.5. The standard InChI is InChI=1S/C14H13NO4/c1-18-12-4-3-9(7-13(12)19-2)11-8-15-6-5-10(11)14(16)17/h3-8H,1-2H3,(H,16,17). The maximum absolute atomic E-state index is 11.2. The second kappa shape index (κ2) is 5.39. The minimum atomic E-state index is -0.993. The molecule has 0 atom stereocenters. The van der Waals surface area contributed by atoms with Crippen molar-refractivity contribution < 1.29 is 19.4 Å². The Bertz CT molecular complexity index is 610. The van der Waals surface area contributed by atoms with Gasteiger partial charge in [0.1, 0.15) is 0 Å². The van der Waals surface area contributed by atoms with Crippen molar-refractivity contribution in [2.24, 2.45) is 0 Å². The number of carboxylic acids is 1. The molecule has 1 aromatic heterocycles. The van der Waals surface area contributed by atoms with Gasteiger partial charge in [-0.3, -0.25) is 4.98 Å². The van der Waals surface area contributed by atoms with E-state index in [0.717, 1.165) is 0 Å². The zero-order valence-corrected chi connectivity index (χ0v) is 10.6. The molecule has 0 aliphatic carbocycles. The molecule has 0 aliphatic rings. The third kappa shape index (κ3) is 2.49. The van der Waals surface area contributed by atoms with Crippen LogP contribution in [0.3, 0.4) is 0 Å². The number of ether oxygens (including phenoxy) is 2. The zero-order valence-electron chi connectivity index (χ0n) is 10.6. The Morgan fingerprint density at radius 2 is 1.89 bits per heavy atom. The van der Waals surface area contributed by atoms with Crippen LogP contribution in [0.4, 0.5) is 0 Å². The third-order valence-electron chi connectivity index (χ3n) is 2.75. The molecule has 1 aromatic carbocycles. The molecule has 2 rings (SSSR count). The van der Waals surface area contributed by atoms with Crippen LogP contribution >= 0.6 is 0 Å². The molecule has 0 saturated heterocycles. The number of hydrogen-bond donors (Lipinski definition) is 1. The Hall–Kier alpha value is -2.56. The molecule has 19 heavy (non-hydrogen) atoms. The molecular formula is C14H13NO4. The van der Waals surface area contributed by atoms with Crippen LogP contribution in [-0.2, 0) is 0 Å². The lowest BCUT2D eigenvalue weighted by Gasteiger charge is -2.10. The van der Waals surface area contributed by atoms with Crippen molar-refractivity contribution in [1.29, 1.82) is 0 Å². The maximum Gasteiger partial charge on any atom is 0.336 e. The van der Waals surface area contributed by atoms with Crippen molar-refractivity contribution in [2.45, 2.75) is 0 Å². The largest absolute Gasteiger partial charge is 0.493 e. The average Bonchev–Trinajstić information content (AvgIpc) is 2.46. The summed E-state index contributed by atoms with van der Waals surface area (Å²) >= 11 is 0. The molecule has 5 heteroatoms. The minimum Gasteiger partial charge on any atom is -0.493 e. The van der Waals surface area contributed by atoms with Crippen molar-refractivity contribution in [3.05, 3.63) is 42.2 Å². The maximum atomic E-state index is 11.2. The number of aromatic carboxylic acids is 1. The third-order valence-corrected chi connectivity index (χ3v) is 2.75. The summed E-state index contributed by atoms with van der Waals surface area (Å²) < 4.78 is 10.4. The Morgan fingerprint density at radius 3 is 2.53 bits per heavy atom. The Kier molecular flexibility index (Phi) is 3.66. The van der Waals surface area contributed by atoms with Crippen LogP contribution in [0.2, 0.25) is 0 Å². The van der Waals surface area contributed by atoms with Gasteiger partial charge in [-0.15, -0.1) is 0 Å². The zero-order chi connectivity index (χ0) is 13.8. The van der Waals surface area contributed by atoms with E-state index in [1.165, 1.54) is 25.6 Å². The molecule has 0 aliphatic heterocycles. The van der Waals surface area contributed by atoms with Gasteiger partial charge >= 0.3 is 5.97 Å². The lowest BCUT2D eigenvalue weighted by Crippen LogP contribution is -2.00. The van der Waals surface area contributed by atoms with Crippen molar-refractivity contribution in [2.75, 3.05) is 14.2 Å². The Morgan fingerprint density at radius 1 is 1.16 bits per heavy atom. The van der Waals surface area contributed by atoms with E-state index in [9.17, 15) is 9.90 Å². The highest BCUT2D eigenvalue weighted by molar-refractivity contribution is 5.95. The van der Waals surface area contributed by atoms with E-state index >= 15 is 0 Å². The number of rotatable bonds is 4. The Labute approximate surface area is 110 Å². The van der Waals surface area contributed by atoms with Gasteiger partial charge in [0.2, 0.25) is 0 Å².